The maximum atomic E-state index is 11.9. The number of imidazole rings is 1. The van der Waals surface area contributed by atoms with Gasteiger partial charge in [-0.3, -0.25) is 9.20 Å². The van der Waals surface area contributed by atoms with Gasteiger partial charge in [0.1, 0.15) is 5.75 Å². The number of ether oxygens (including phenoxy) is 1. The van der Waals surface area contributed by atoms with Crippen molar-refractivity contribution in [2.45, 2.75) is 6.92 Å². The molecule has 29 heavy (non-hydrogen) atoms. The number of pyridine rings is 1. The molecule has 2 aromatic carbocycles. The van der Waals surface area contributed by atoms with Crippen LogP contribution in [0.15, 0.2) is 67.0 Å². The van der Waals surface area contributed by atoms with E-state index in [0.717, 1.165) is 39.6 Å². The predicted octanol–water partition coefficient (Wildman–Crippen LogP) is 4.42. The fourth-order valence-electron chi connectivity index (χ4n) is 3.37. The van der Waals surface area contributed by atoms with Gasteiger partial charge in [-0.25, -0.2) is 4.98 Å². The van der Waals surface area contributed by atoms with Crippen molar-refractivity contribution < 1.29 is 9.53 Å². The van der Waals surface area contributed by atoms with Gasteiger partial charge in [0.05, 0.1) is 24.7 Å². The van der Waals surface area contributed by atoms with Crippen molar-refractivity contribution >= 4 is 22.9 Å². The number of carbonyl (C=O) groups excluding carboxylic acids is 1. The number of nitrogens with one attached hydrogen (secondary N) is 2. The molecule has 6 nitrogen and oxygen atoms in total. The summed E-state index contributed by atoms with van der Waals surface area (Å²) in [5.74, 6) is 0.731. The van der Waals surface area contributed by atoms with Crippen molar-refractivity contribution in [2.24, 2.45) is 0 Å². The largest absolute Gasteiger partial charge is 0.497 e. The third-order valence-corrected chi connectivity index (χ3v) is 4.90. The van der Waals surface area contributed by atoms with Crippen LogP contribution in [0.1, 0.15) is 15.9 Å². The number of rotatable bonds is 5. The van der Waals surface area contributed by atoms with Crippen molar-refractivity contribution in [1.29, 1.82) is 0 Å². The Morgan fingerprint density at radius 3 is 2.59 bits per heavy atom. The van der Waals surface area contributed by atoms with Gasteiger partial charge >= 0.3 is 0 Å². The van der Waals surface area contributed by atoms with Gasteiger partial charge < -0.3 is 15.4 Å². The minimum Gasteiger partial charge on any atom is -0.497 e. The number of carbonyl (C=O) groups is 1. The van der Waals surface area contributed by atoms with Crippen molar-refractivity contribution in [3.8, 4) is 17.0 Å². The van der Waals surface area contributed by atoms with E-state index >= 15 is 0 Å². The maximum Gasteiger partial charge on any atom is 0.251 e. The van der Waals surface area contributed by atoms with E-state index < -0.39 is 0 Å². The van der Waals surface area contributed by atoms with Crippen LogP contribution in [0.3, 0.4) is 0 Å². The molecule has 6 heteroatoms. The molecular weight excluding hydrogens is 364 g/mol. The van der Waals surface area contributed by atoms with E-state index in [1.54, 1.807) is 14.2 Å². The zero-order chi connectivity index (χ0) is 20.4. The Labute approximate surface area is 169 Å². The monoisotopic (exact) mass is 386 g/mol. The van der Waals surface area contributed by atoms with Crippen LogP contribution in [0.4, 0.5) is 11.4 Å². The molecule has 0 aliphatic heterocycles. The van der Waals surface area contributed by atoms with Crippen molar-refractivity contribution in [3.63, 3.8) is 0 Å². The summed E-state index contributed by atoms with van der Waals surface area (Å²) in [6, 6.07) is 17.6. The summed E-state index contributed by atoms with van der Waals surface area (Å²) in [6.45, 7) is 1.92. The maximum absolute atomic E-state index is 11.9. The van der Waals surface area contributed by atoms with Gasteiger partial charge in [-0.15, -0.1) is 0 Å². The molecule has 0 saturated heterocycles. The van der Waals surface area contributed by atoms with Crippen LogP contribution in [0.2, 0.25) is 0 Å². The SMILES string of the molecule is CNC(=O)c1ccc(Nc2cccn3c(-c4ccc(OC)cc4)cnc23)cc1C. The Balaban J connectivity index is 1.68. The molecule has 0 radical (unpaired) electrons. The van der Waals surface area contributed by atoms with E-state index in [2.05, 4.69) is 20.0 Å². The van der Waals surface area contributed by atoms with Gasteiger partial charge in [-0.1, -0.05) is 0 Å². The average molecular weight is 386 g/mol. The van der Waals surface area contributed by atoms with Crippen molar-refractivity contribution in [2.75, 3.05) is 19.5 Å². The summed E-state index contributed by atoms with van der Waals surface area (Å²) in [5, 5.41) is 6.08. The highest BCUT2D eigenvalue weighted by molar-refractivity contribution is 5.96. The molecule has 0 bridgehead atoms. The van der Waals surface area contributed by atoms with E-state index in [-0.39, 0.29) is 5.91 Å². The number of fused-ring (bicyclic) bond motifs is 1. The summed E-state index contributed by atoms with van der Waals surface area (Å²) >= 11 is 0. The molecular formula is C23H22N4O2. The number of aromatic nitrogens is 2. The summed E-state index contributed by atoms with van der Waals surface area (Å²) in [7, 11) is 3.29. The number of amides is 1. The first-order valence-electron chi connectivity index (χ1n) is 9.31. The molecule has 0 spiro atoms. The summed E-state index contributed by atoms with van der Waals surface area (Å²) < 4.78 is 7.29. The molecule has 0 fully saturated rings. The number of hydrogen-bond donors (Lipinski definition) is 2. The van der Waals surface area contributed by atoms with Crippen LogP contribution in [0.5, 0.6) is 5.75 Å². The van der Waals surface area contributed by atoms with Crippen LogP contribution >= 0.6 is 0 Å². The minimum atomic E-state index is -0.0893. The number of nitrogens with zero attached hydrogens (tertiary/aromatic N) is 2. The second kappa shape index (κ2) is 7.67. The second-order valence-corrected chi connectivity index (χ2v) is 6.72. The van der Waals surface area contributed by atoms with Crippen LogP contribution in [0.25, 0.3) is 16.9 Å². The summed E-state index contributed by atoms with van der Waals surface area (Å²) in [6.07, 6.45) is 3.86. The third kappa shape index (κ3) is 3.52. The lowest BCUT2D eigenvalue weighted by atomic mass is 10.1. The lowest BCUT2D eigenvalue weighted by Crippen LogP contribution is -2.18. The van der Waals surface area contributed by atoms with Gasteiger partial charge in [0, 0.05) is 30.1 Å². The number of methoxy groups -OCH3 is 1. The standard InChI is InChI=1S/C23H22N4O2/c1-15-13-17(8-11-19(15)23(28)24-2)26-20-5-4-12-27-21(14-25-22(20)27)16-6-9-18(29-3)10-7-16/h4-14,26H,1-3H3,(H,24,28). The topological polar surface area (TPSA) is 67.7 Å². The molecule has 1 amide bonds. The molecule has 0 aliphatic rings. The van der Waals surface area contributed by atoms with Crippen LogP contribution in [-0.2, 0) is 0 Å². The van der Waals surface area contributed by atoms with Gasteiger partial charge in [0.2, 0.25) is 0 Å². The lowest BCUT2D eigenvalue weighted by molar-refractivity contribution is 0.0962. The Morgan fingerprint density at radius 1 is 1.10 bits per heavy atom. The zero-order valence-electron chi connectivity index (χ0n) is 16.6. The second-order valence-electron chi connectivity index (χ2n) is 6.72. The van der Waals surface area contributed by atoms with Crippen LogP contribution in [0, 0.1) is 6.92 Å². The van der Waals surface area contributed by atoms with Gasteiger partial charge in [-0.05, 0) is 67.1 Å². The molecule has 0 unspecified atom stereocenters. The van der Waals surface area contributed by atoms with Gasteiger partial charge in [0.25, 0.3) is 5.91 Å². The molecule has 2 heterocycles. The fourth-order valence-corrected chi connectivity index (χ4v) is 3.37. The normalized spacial score (nSPS) is 10.7. The van der Waals surface area contributed by atoms with E-state index in [1.807, 2.05) is 73.9 Å². The van der Waals surface area contributed by atoms with Crippen molar-refractivity contribution in [3.05, 3.63) is 78.1 Å². The molecule has 4 aromatic rings. The Hall–Kier alpha value is -3.80. The third-order valence-electron chi connectivity index (χ3n) is 4.90. The molecule has 2 N–H and O–H groups in total. The smallest absolute Gasteiger partial charge is 0.251 e. The van der Waals surface area contributed by atoms with Gasteiger partial charge in [0.15, 0.2) is 5.65 Å². The lowest BCUT2D eigenvalue weighted by Gasteiger charge is -2.11. The number of hydrogen-bond acceptors (Lipinski definition) is 4. The van der Waals surface area contributed by atoms with Crippen molar-refractivity contribution in [1.82, 2.24) is 14.7 Å². The minimum absolute atomic E-state index is 0.0893. The highest BCUT2D eigenvalue weighted by Crippen LogP contribution is 2.28. The Bertz CT molecular complexity index is 1180. The first-order valence-corrected chi connectivity index (χ1v) is 9.31. The summed E-state index contributed by atoms with van der Waals surface area (Å²) in [4.78, 5) is 16.5. The average Bonchev–Trinajstić information content (AvgIpc) is 3.18. The van der Waals surface area contributed by atoms with E-state index in [4.69, 9.17) is 4.74 Å². The first kappa shape index (κ1) is 18.6. The van der Waals surface area contributed by atoms with Gasteiger partial charge in [-0.2, -0.15) is 0 Å². The molecule has 0 aliphatic carbocycles. The zero-order valence-corrected chi connectivity index (χ0v) is 16.6. The Kier molecular flexibility index (Phi) is 4.91. The highest BCUT2D eigenvalue weighted by Gasteiger charge is 2.11. The molecule has 0 saturated carbocycles. The van der Waals surface area contributed by atoms with Crippen LogP contribution < -0.4 is 15.4 Å². The quantitative estimate of drug-likeness (QED) is 0.533. The van der Waals surface area contributed by atoms with E-state index in [0.29, 0.717) is 5.56 Å². The van der Waals surface area contributed by atoms with E-state index in [1.165, 1.54) is 0 Å². The first-order chi connectivity index (χ1) is 14.1. The molecule has 2 aromatic heterocycles. The molecule has 146 valence electrons. The van der Waals surface area contributed by atoms with Crippen LogP contribution in [-0.4, -0.2) is 29.4 Å². The predicted molar refractivity (Wildman–Crippen MR) is 115 cm³/mol. The molecule has 0 atom stereocenters. The number of benzene rings is 2. The molecule has 4 rings (SSSR count). The van der Waals surface area contributed by atoms with E-state index in [9.17, 15) is 4.79 Å². The summed E-state index contributed by atoms with van der Waals surface area (Å²) in [5.41, 5.74) is 6.24. The Morgan fingerprint density at radius 2 is 1.90 bits per heavy atom. The number of aryl methyl sites for hydroxylation is 1. The number of anilines is 2. The fraction of sp³-hybridized carbons (Fsp3) is 0.130. The highest BCUT2D eigenvalue weighted by atomic mass is 16.5.